The van der Waals surface area contributed by atoms with Crippen LogP contribution in [0.4, 0.5) is 0 Å². The predicted octanol–water partition coefficient (Wildman–Crippen LogP) is 2.40. The van der Waals surface area contributed by atoms with Crippen LogP contribution in [-0.2, 0) is 4.79 Å². The van der Waals surface area contributed by atoms with E-state index in [1.54, 1.807) is 0 Å². The number of nitrogens with two attached hydrogens (primary N) is 1. The molecule has 0 aromatic heterocycles. The van der Waals surface area contributed by atoms with Gasteiger partial charge in [0.05, 0.1) is 6.61 Å². The van der Waals surface area contributed by atoms with Crippen molar-refractivity contribution >= 4 is 28.5 Å². The second-order valence-corrected chi connectivity index (χ2v) is 6.39. The molecule has 110 valence electrons. The zero-order valence-corrected chi connectivity index (χ0v) is 13.7. The number of amides is 1. The van der Waals surface area contributed by atoms with Crippen LogP contribution in [0, 0.1) is 3.57 Å². The number of hydrogen-bond donors (Lipinski definition) is 1. The van der Waals surface area contributed by atoms with Crippen molar-refractivity contribution < 1.29 is 9.53 Å². The standard InChI is InChI=1S/C15H21IN2O2/c16-12-5-7-14(8-6-12)20-10-2-4-15(19)18-9-1-3-13(17)11-18/h5-8,13H,1-4,9-11,17H2. The monoisotopic (exact) mass is 388 g/mol. The highest BCUT2D eigenvalue weighted by molar-refractivity contribution is 14.1. The van der Waals surface area contributed by atoms with Gasteiger partial charge in [0.25, 0.3) is 0 Å². The molecule has 1 atom stereocenters. The van der Waals surface area contributed by atoms with Gasteiger partial charge >= 0.3 is 0 Å². The summed E-state index contributed by atoms with van der Waals surface area (Å²) in [5.74, 6) is 1.06. The molecule has 1 unspecified atom stereocenters. The smallest absolute Gasteiger partial charge is 0.222 e. The highest BCUT2D eigenvalue weighted by Gasteiger charge is 2.20. The van der Waals surface area contributed by atoms with Crippen molar-refractivity contribution in [3.63, 3.8) is 0 Å². The lowest BCUT2D eigenvalue weighted by Gasteiger charge is -2.30. The first-order valence-electron chi connectivity index (χ1n) is 7.07. The molecule has 0 saturated carbocycles. The summed E-state index contributed by atoms with van der Waals surface area (Å²) in [4.78, 5) is 13.9. The highest BCUT2D eigenvalue weighted by Crippen LogP contribution is 2.14. The minimum absolute atomic E-state index is 0.149. The molecule has 0 radical (unpaired) electrons. The Hall–Kier alpha value is -0.820. The largest absolute Gasteiger partial charge is 0.494 e. The maximum atomic E-state index is 12.0. The molecule has 0 aliphatic carbocycles. The van der Waals surface area contributed by atoms with E-state index >= 15 is 0 Å². The number of hydrogen-bond acceptors (Lipinski definition) is 3. The molecule has 0 bridgehead atoms. The molecule has 1 amide bonds. The molecule has 5 heteroatoms. The van der Waals surface area contributed by atoms with Gasteiger partial charge in [0.2, 0.25) is 5.91 Å². The first kappa shape index (κ1) is 15.6. The third kappa shape index (κ3) is 4.94. The lowest BCUT2D eigenvalue weighted by molar-refractivity contribution is -0.132. The summed E-state index contributed by atoms with van der Waals surface area (Å²) < 4.78 is 6.81. The van der Waals surface area contributed by atoms with Crippen molar-refractivity contribution in [2.75, 3.05) is 19.7 Å². The van der Waals surface area contributed by atoms with Gasteiger partial charge < -0.3 is 15.4 Å². The lowest BCUT2D eigenvalue weighted by atomic mass is 10.1. The van der Waals surface area contributed by atoms with Crippen molar-refractivity contribution in [1.29, 1.82) is 0 Å². The minimum atomic E-state index is 0.149. The van der Waals surface area contributed by atoms with E-state index in [-0.39, 0.29) is 11.9 Å². The number of carbonyl (C=O) groups is 1. The second kappa shape index (κ2) is 7.83. The number of likely N-dealkylation sites (tertiary alicyclic amines) is 1. The Bertz CT molecular complexity index is 436. The van der Waals surface area contributed by atoms with Gasteiger partial charge in [-0.15, -0.1) is 0 Å². The average molecular weight is 388 g/mol. The Morgan fingerprint density at radius 3 is 2.85 bits per heavy atom. The number of carbonyl (C=O) groups excluding carboxylic acids is 1. The van der Waals surface area contributed by atoms with Crippen LogP contribution in [0.25, 0.3) is 0 Å². The zero-order chi connectivity index (χ0) is 14.4. The Balaban J connectivity index is 1.65. The van der Waals surface area contributed by atoms with Crippen LogP contribution in [0.5, 0.6) is 5.75 Å². The normalized spacial score (nSPS) is 18.9. The minimum Gasteiger partial charge on any atom is -0.494 e. The number of halogens is 1. The molecule has 2 rings (SSSR count). The number of ether oxygens (including phenoxy) is 1. The number of nitrogens with zero attached hydrogens (tertiary/aromatic N) is 1. The Kier molecular flexibility index (Phi) is 6.09. The van der Waals surface area contributed by atoms with Crippen molar-refractivity contribution in [1.82, 2.24) is 4.90 Å². The molecule has 1 saturated heterocycles. The van der Waals surface area contributed by atoms with E-state index < -0.39 is 0 Å². The molecule has 2 N–H and O–H groups in total. The first-order valence-corrected chi connectivity index (χ1v) is 8.15. The fourth-order valence-electron chi connectivity index (χ4n) is 2.34. The van der Waals surface area contributed by atoms with Gasteiger partial charge in [0.15, 0.2) is 0 Å². The van der Waals surface area contributed by atoms with Crippen LogP contribution >= 0.6 is 22.6 Å². The predicted molar refractivity (Wildman–Crippen MR) is 87.7 cm³/mol. The fourth-order valence-corrected chi connectivity index (χ4v) is 2.70. The van der Waals surface area contributed by atoms with Crippen molar-refractivity contribution in [2.45, 2.75) is 31.7 Å². The maximum Gasteiger partial charge on any atom is 0.222 e. The Morgan fingerprint density at radius 1 is 1.40 bits per heavy atom. The van der Waals surface area contributed by atoms with Gasteiger partial charge in [0, 0.05) is 29.1 Å². The number of benzene rings is 1. The van der Waals surface area contributed by atoms with Gasteiger partial charge in [-0.1, -0.05) is 0 Å². The van der Waals surface area contributed by atoms with E-state index in [9.17, 15) is 4.79 Å². The van der Waals surface area contributed by atoms with E-state index in [2.05, 4.69) is 22.6 Å². The van der Waals surface area contributed by atoms with Crippen LogP contribution < -0.4 is 10.5 Å². The molecule has 1 heterocycles. The molecule has 4 nitrogen and oxygen atoms in total. The van der Waals surface area contributed by atoms with Crippen molar-refractivity contribution in [3.8, 4) is 5.75 Å². The average Bonchev–Trinajstić information content (AvgIpc) is 2.45. The lowest BCUT2D eigenvalue weighted by Crippen LogP contribution is -2.45. The van der Waals surface area contributed by atoms with Gasteiger partial charge in [-0.2, -0.15) is 0 Å². The van der Waals surface area contributed by atoms with E-state index in [0.717, 1.165) is 31.6 Å². The van der Waals surface area contributed by atoms with E-state index in [1.165, 1.54) is 3.57 Å². The summed E-state index contributed by atoms with van der Waals surface area (Å²) in [6, 6.07) is 8.07. The molecule has 1 fully saturated rings. The van der Waals surface area contributed by atoms with Crippen molar-refractivity contribution in [2.24, 2.45) is 5.73 Å². The summed E-state index contributed by atoms with van der Waals surface area (Å²) in [7, 11) is 0. The molecule has 20 heavy (non-hydrogen) atoms. The summed E-state index contributed by atoms with van der Waals surface area (Å²) in [5, 5.41) is 0. The fraction of sp³-hybridized carbons (Fsp3) is 0.533. The van der Waals surface area contributed by atoms with Gasteiger partial charge in [-0.3, -0.25) is 4.79 Å². The Morgan fingerprint density at radius 2 is 2.15 bits per heavy atom. The van der Waals surface area contributed by atoms with Crippen LogP contribution in [-0.4, -0.2) is 36.5 Å². The second-order valence-electron chi connectivity index (χ2n) is 5.15. The van der Waals surface area contributed by atoms with E-state index in [0.29, 0.717) is 19.6 Å². The molecule has 1 aromatic rings. The van der Waals surface area contributed by atoms with Crippen molar-refractivity contribution in [3.05, 3.63) is 27.8 Å². The topological polar surface area (TPSA) is 55.6 Å². The molecule has 0 spiro atoms. The molecular formula is C15H21IN2O2. The summed E-state index contributed by atoms with van der Waals surface area (Å²) >= 11 is 2.26. The SMILES string of the molecule is NC1CCCN(C(=O)CCCOc2ccc(I)cc2)C1. The quantitative estimate of drug-likeness (QED) is 0.623. The summed E-state index contributed by atoms with van der Waals surface area (Å²) in [5.41, 5.74) is 5.89. The molecule has 1 aromatic carbocycles. The highest BCUT2D eigenvalue weighted by atomic mass is 127. The van der Waals surface area contributed by atoms with E-state index in [1.807, 2.05) is 29.2 Å². The molecular weight excluding hydrogens is 367 g/mol. The third-order valence-corrected chi connectivity index (χ3v) is 4.15. The van der Waals surface area contributed by atoms with Crippen LogP contribution in [0.15, 0.2) is 24.3 Å². The van der Waals surface area contributed by atoms with Crippen LogP contribution in [0.1, 0.15) is 25.7 Å². The maximum absolute atomic E-state index is 12.0. The van der Waals surface area contributed by atoms with E-state index in [4.69, 9.17) is 10.5 Å². The third-order valence-electron chi connectivity index (χ3n) is 3.43. The van der Waals surface area contributed by atoms with Crippen LogP contribution in [0.2, 0.25) is 0 Å². The van der Waals surface area contributed by atoms with Crippen LogP contribution in [0.3, 0.4) is 0 Å². The van der Waals surface area contributed by atoms with Gasteiger partial charge in [-0.25, -0.2) is 0 Å². The summed E-state index contributed by atoms with van der Waals surface area (Å²) in [6.07, 6.45) is 3.33. The molecule has 1 aliphatic heterocycles. The zero-order valence-electron chi connectivity index (χ0n) is 11.6. The number of piperidine rings is 1. The van der Waals surface area contributed by atoms with Gasteiger partial charge in [-0.05, 0) is 66.1 Å². The number of rotatable bonds is 5. The first-order chi connectivity index (χ1) is 9.65. The van der Waals surface area contributed by atoms with Gasteiger partial charge in [0.1, 0.15) is 5.75 Å². The Labute approximate surface area is 133 Å². The molecule has 1 aliphatic rings. The summed E-state index contributed by atoms with van der Waals surface area (Å²) in [6.45, 7) is 2.13.